The third-order valence-electron chi connectivity index (χ3n) is 3.31. The van der Waals surface area contributed by atoms with Crippen LogP contribution in [0, 0.1) is 11.6 Å². The summed E-state index contributed by atoms with van der Waals surface area (Å²) in [6.07, 6.45) is 0.117. The average molecular weight is 326 g/mol. The Balaban J connectivity index is 1.86. The van der Waals surface area contributed by atoms with E-state index in [0.717, 1.165) is 12.1 Å². The molecule has 2 amide bonds. The molecular formula is C15H16F2N2O4. The van der Waals surface area contributed by atoms with Crippen LogP contribution in [-0.2, 0) is 25.5 Å². The van der Waals surface area contributed by atoms with Crippen LogP contribution in [-0.4, -0.2) is 36.5 Å². The van der Waals surface area contributed by atoms with Gasteiger partial charge in [-0.3, -0.25) is 9.59 Å². The summed E-state index contributed by atoms with van der Waals surface area (Å²) in [5.74, 6) is -3.16. The van der Waals surface area contributed by atoms with Gasteiger partial charge in [-0.25, -0.2) is 13.6 Å². The van der Waals surface area contributed by atoms with Gasteiger partial charge in [-0.15, -0.1) is 0 Å². The van der Waals surface area contributed by atoms with Crippen molar-refractivity contribution in [3.8, 4) is 0 Å². The Kier molecular flexibility index (Phi) is 5.25. The molecule has 1 fully saturated rings. The van der Waals surface area contributed by atoms with Gasteiger partial charge in [-0.1, -0.05) is 0 Å². The van der Waals surface area contributed by atoms with Gasteiger partial charge in [-0.05, 0) is 24.6 Å². The predicted octanol–water partition coefficient (Wildman–Crippen LogP) is 0.444. The molecule has 1 aromatic rings. The highest BCUT2D eigenvalue weighted by atomic mass is 19.1. The fourth-order valence-corrected chi connectivity index (χ4v) is 2.18. The number of hydrogen-bond acceptors (Lipinski definition) is 4. The fourth-order valence-electron chi connectivity index (χ4n) is 2.18. The summed E-state index contributed by atoms with van der Waals surface area (Å²) in [5, 5.41) is 4.88. The summed E-state index contributed by atoms with van der Waals surface area (Å²) in [6.45, 7) is 1.69. The molecule has 6 nitrogen and oxygen atoms in total. The molecule has 8 heteroatoms. The number of rotatable bonds is 5. The lowest BCUT2D eigenvalue weighted by Crippen LogP contribution is -2.49. The largest absolute Gasteiger partial charge is 0.464 e. The molecule has 23 heavy (non-hydrogen) atoms. The predicted molar refractivity (Wildman–Crippen MR) is 75.2 cm³/mol. The van der Waals surface area contributed by atoms with Crippen LogP contribution in [0.15, 0.2) is 18.2 Å². The van der Waals surface area contributed by atoms with Crippen molar-refractivity contribution in [3.05, 3.63) is 35.4 Å². The first-order valence-corrected chi connectivity index (χ1v) is 7.06. The summed E-state index contributed by atoms with van der Waals surface area (Å²) in [7, 11) is 0. The van der Waals surface area contributed by atoms with Crippen molar-refractivity contribution in [2.24, 2.45) is 0 Å². The second-order valence-corrected chi connectivity index (χ2v) is 5.26. The summed E-state index contributed by atoms with van der Waals surface area (Å²) in [5.41, 5.74) is 0.159. The van der Waals surface area contributed by atoms with Gasteiger partial charge >= 0.3 is 5.97 Å². The van der Waals surface area contributed by atoms with E-state index in [1.807, 2.05) is 0 Å². The minimum atomic E-state index is -0.894. The zero-order valence-electron chi connectivity index (χ0n) is 12.4. The Hall–Kier alpha value is -2.51. The van der Waals surface area contributed by atoms with E-state index in [9.17, 15) is 23.2 Å². The summed E-state index contributed by atoms with van der Waals surface area (Å²) >= 11 is 0. The van der Waals surface area contributed by atoms with Crippen LogP contribution in [0.2, 0.25) is 0 Å². The topological polar surface area (TPSA) is 84.5 Å². The lowest BCUT2D eigenvalue weighted by molar-refractivity contribution is -0.141. The first-order chi connectivity index (χ1) is 10.8. The van der Waals surface area contributed by atoms with Crippen LogP contribution in [0.1, 0.15) is 18.9 Å². The van der Waals surface area contributed by atoms with Crippen LogP contribution in [0.3, 0.4) is 0 Å². The van der Waals surface area contributed by atoms with Gasteiger partial charge in [0.2, 0.25) is 11.8 Å². The van der Waals surface area contributed by atoms with Gasteiger partial charge in [0.1, 0.15) is 23.7 Å². The smallest absolute Gasteiger partial charge is 0.328 e. The number of ether oxygens (including phenoxy) is 1. The average Bonchev–Trinajstić information content (AvgIpc) is 2.82. The van der Waals surface area contributed by atoms with Gasteiger partial charge < -0.3 is 15.4 Å². The Morgan fingerprint density at radius 1 is 1.30 bits per heavy atom. The Labute approximate surface area is 131 Å². The van der Waals surface area contributed by atoms with E-state index in [1.54, 1.807) is 0 Å². The first-order valence-electron chi connectivity index (χ1n) is 7.06. The number of carbonyl (C=O) groups is 3. The molecule has 1 unspecified atom stereocenters. The quantitative estimate of drug-likeness (QED) is 0.769. The zero-order chi connectivity index (χ0) is 17.0. The molecule has 0 radical (unpaired) electrons. The third-order valence-corrected chi connectivity index (χ3v) is 3.31. The minimum Gasteiger partial charge on any atom is -0.464 e. The molecule has 0 aromatic heterocycles. The maximum atomic E-state index is 13.1. The lowest BCUT2D eigenvalue weighted by atomic mass is 10.1. The maximum absolute atomic E-state index is 13.1. The van der Waals surface area contributed by atoms with E-state index >= 15 is 0 Å². The first kappa shape index (κ1) is 16.9. The van der Waals surface area contributed by atoms with Crippen molar-refractivity contribution < 1.29 is 27.9 Å². The number of nitrogens with one attached hydrogen (secondary N) is 2. The molecule has 124 valence electrons. The van der Waals surface area contributed by atoms with E-state index in [1.165, 1.54) is 6.92 Å². The number of benzene rings is 1. The molecule has 2 rings (SSSR count). The number of amides is 2. The molecule has 1 aliphatic rings. The Morgan fingerprint density at radius 2 is 1.96 bits per heavy atom. The minimum absolute atomic E-state index is 0.159. The van der Waals surface area contributed by atoms with E-state index in [2.05, 4.69) is 10.6 Å². The van der Waals surface area contributed by atoms with Gasteiger partial charge in [0.15, 0.2) is 0 Å². The van der Waals surface area contributed by atoms with Crippen LogP contribution in [0.4, 0.5) is 8.78 Å². The second-order valence-electron chi connectivity index (χ2n) is 5.26. The lowest BCUT2D eigenvalue weighted by Gasteiger charge is -2.16. The second kappa shape index (κ2) is 7.17. The molecule has 0 saturated carbocycles. The summed E-state index contributed by atoms with van der Waals surface area (Å²) in [6, 6.07) is 1.19. The molecule has 0 bridgehead atoms. The van der Waals surface area contributed by atoms with E-state index < -0.39 is 41.5 Å². The standard InChI is InChI=1S/C15H16F2N2O4/c1-8(14(21)19-12-2-3-23-15(12)22)18-13(20)6-9-4-10(16)7-11(17)5-9/h4-5,7-8,12H,2-3,6H2,1H3,(H,18,20)(H,19,21)/t8-,12?/m0/s1. The highest BCUT2D eigenvalue weighted by molar-refractivity contribution is 5.91. The number of esters is 1. The fraction of sp³-hybridized carbons (Fsp3) is 0.400. The van der Waals surface area contributed by atoms with Crippen LogP contribution in [0.5, 0.6) is 0 Å². The molecule has 0 aliphatic carbocycles. The van der Waals surface area contributed by atoms with Gasteiger partial charge in [0.25, 0.3) is 0 Å². The van der Waals surface area contributed by atoms with Crippen LogP contribution in [0.25, 0.3) is 0 Å². The molecular weight excluding hydrogens is 310 g/mol. The zero-order valence-corrected chi connectivity index (χ0v) is 12.4. The van der Waals surface area contributed by atoms with Crippen LogP contribution < -0.4 is 10.6 Å². The molecule has 2 atom stereocenters. The van der Waals surface area contributed by atoms with Crippen molar-refractivity contribution in [2.45, 2.75) is 31.8 Å². The summed E-state index contributed by atoms with van der Waals surface area (Å²) < 4.78 is 30.8. The van der Waals surface area contributed by atoms with E-state index in [0.29, 0.717) is 12.5 Å². The molecule has 1 aliphatic heterocycles. The Bertz CT molecular complexity index is 616. The SMILES string of the molecule is C[C@H](NC(=O)Cc1cc(F)cc(F)c1)C(=O)NC1CCOC1=O. The van der Waals surface area contributed by atoms with Crippen molar-refractivity contribution >= 4 is 17.8 Å². The Morgan fingerprint density at radius 3 is 2.52 bits per heavy atom. The van der Waals surface area contributed by atoms with E-state index in [4.69, 9.17) is 4.74 Å². The normalized spacial score (nSPS) is 18.2. The molecule has 0 spiro atoms. The van der Waals surface area contributed by atoms with Crippen molar-refractivity contribution in [1.29, 1.82) is 0 Å². The van der Waals surface area contributed by atoms with Crippen LogP contribution >= 0.6 is 0 Å². The maximum Gasteiger partial charge on any atom is 0.328 e. The molecule has 1 heterocycles. The van der Waals surface area contributed by atoms with Gasteiger partial charge in [-0.2, -0.15) is 0 Å². The molecule has 1 aromatic carbocycles. The number of halogens is 2. The van der Waals surface area contributed by atoms with Crippen molar-refractivity contribution in [1.82, 2.24) is 10.6 Å². The number of carbonyl (C=O) groups excluding carboxylic acids is 3. The molecule has 1 saturated heterocycles. The van der Waals surface area contributed by atoms with Crippen molar-refractivity contribution in [3.63, 3.8) is 0 Å². The van der Waals surface area contributed by atoms with Gasteiger partial charge in [0.05, 0.1) is 13.0 Å². The number of cyclic esters (lactones) is 1. The monoisotopic (exact) mass is 326 g/mol. The summed E-state index contributed by atoms with van der Waals surface area (Å²) in [4.78, 5) is 35.0. The van der Waals surface area contributed by atoms with Gasteiger partial charge in [0, 0.05) is 12.5 Å². The third kappa shape index (κ3) is 4.73. The number of hydrogen-bond donors (Lipinski definition) is 2. The molecule has 2 N–H and O–H groups in total. The highest BCUT2D eigenvalue weighted by Gasteiger charge is 2.29. The van der Waals surface area contributed by atoms with E-state index in [-0.39, 0.29) is 18.6 Å². The highest BCUT2D eigenvalue weighted by Crippen LogP contribution is 2.09. The van der Waals surface area contributed by atoms with Crippen molar-refractivity contribution in [2.75, 3.05) is 6.61 Å².